The first-order chi connectivity index (χ1) is 6.66. The van der Waals surface area contributed by atoms with Crippen LogP contribution in [-0.4, -0.2) is 18.5 Å². The molecular formula is C11H16O3. The van der Waals surface area contributed by atoms with Crippen molar-refractivity contribution in [1.82, 2.24) is 0 Å². The number of hydrogen-bond acceptors (Lipinski definition) is 3. The summed E-state index contributed by atoms with van der Waals surface area (Å²) in [5.41, 5.74) is 0.581. The molecule has 3 nitrogen and oxygen atoms in total. The van der Waals surface area contributed by atoms with Gasteiger partial charge in [0.2, 0.25) is 0 Å². The Balaban J connectivity index is 2.74. The van der Waals surface area contributed by atoms with E-state index in [9.17, 15) is 4.79 Å². The van der Waals surface area contributed by atoms with Crippen molar-refractivity contribution in [2.24, 2.45) is 5.92 Å². The van der Waals surface area contributed by atoms with E-state index in [2.05, 4.69) is 0 Å². The van der Waals surface area contributed by atoms with Crippen LogP contribution in [0.2, 0.25) is 0 Å². The van der Waals surface area contributed by atoms with Gasteiger partial charge in [-0.25, -0.2) is 0 Å². The Kier molecular flexibility index (Phi) is 3.89. The molecule has 1 unspecified atom stereocenters. The molecule has 14 heavy (non-hydrogen) atoms. The molecule has 1 aromatic heterocycles. The largest absolute Gasteiger partial charge is 0.472 e. The van der Waals surface area contributed by atoms with Crippen molar-refractivity contribution in [3.63, 3.8) is 0 Å². The number of Topliss-reactive ketones (excluding diaryl/α,β-unsaturated/α-hetero) is 1. The Morgan fingerprint density at radius 1 is 1.57 bits per heavy atom. The van der Waals surface area contributed by atoms with Crippen LogP contribution < -0.4 is 0 Å². The molecule has 0 aliphatic heterocycles. The first-order valence-corrected chi connectivity index (χ1v) is 4.84. The van der Waals surface area contributed by atoms with Crippen LogP contribution in [0.15, 0.2) is 23.0 Å². The number of carbonyl (C=O) groups excluding carboxylic acids is 1. The summed E-state index contributed by atoms with van der Waals surface area (Å²) in [7, 11) is 0. The van der Waals surface area contributed by atoms with Gasteiger partial charge in [-0.1, -0.05) is 13.8 Å². The van der Waals surface area contributed by atoms with Crippen LogP contribution in [-0.2, 0) is 4.74 Å². The van der Waals surface area contributed by atoms with Gasteiger partial charge < -0.3 is 9.15 Å². The van der Waals surface area contributed by atoms with E-state index in [1.54, 1.807) is 6.07 Å². The molecule has 0 fully saturated rings. The summed E-state index contributed by atoms with van der Waals surface area (Å²) in [5, 5.41) is 0. The third kappa shape index (κ3) is 2.45. The summed E-state index contributed by atoms with van der Waals surface area (Å²) >= 11 is 0. The van der Waals surface area contributed by atoms with Gasteiger partial charge in [-0.2, -0.15) is 0 Å². The molecular weight excluding hydrogens is 180 g/mol. The average Bonchev–Trinajstić information content (AvgIpc) is 2.65. The first-order valence-electron chi connectivity index (χ1n) is 4.84. The predicted molar refractivity (Wildman–Crippen MR) is 53.3 cm³/mol. The van der Waals surface area contributed by atoms with Crippen molar-refractivity contribution >= 4 is 5.78 Å². The second-order valence-corrected chi connectivity index (χ2v) is 3.50. The van der Waals surface area contributed by atoms with Crippen LogP contribution in [0.5, 0.6) is 0 Å². The highest BCUT2D eigenvalue weighted by Gasteiger charge is 2.24. The number of ether oxygens (including phenoxy) is 1. The Labute approximate surface area is 84.1 Å². The molecule has 0 N–H and O–H groups in total. The molecule has 0 radical (unpaired) electrons. The third-order valence-electron chi connectivity index (χ3n) is 2.02. The molecule has 1 heterocycles. The Bertz CT molecular complexity index is 275. The maximum atomic E-state index is 11.9. The lowest BCUT2D eigenvalue weighted by Crippen LogP contribution is -2.29. The van der Waals surface area contributed by atoms with Gasteiger partial charge in [-0.15, -0.1) is 0 Å². The van der Waals surface area contributed by atoms with Gasteiger partial charge in [-0.3, -0.25) is 4.79 Å². The number of furan rings is 1. The Morgan fingerprint density at radius 2 is 2.29 bits per heavy atom. The van der Waals surface area contributed by atoms with E-state index >= 15 is 0 Å². The zero-order valence-corrected chi connectivity index (χ0v) is 8.82. The van der Waals surface area contributed by atoms with E-state index in [4.69, 9.17) is 9.15 Å². The summed E-state index contributed by atoms with van der Waals surface area (Å²) < 4.78 is 10.3. The van der Waals surface area contributed by atoms with Gasteiger partial charge in [0.1, 0.15) is 12.4 Å². The molecule has 0 saturated heterocycles. The quantitative estimate of drug-likeness (QED) is 0.679. The third-order valence-corrected chi connectivity index (χ3v) is 2.02. The van der Waals surface area contributed by atoms with E-state index in [1.165, 1.54) is 12.5 Å². The average molecular weight is 196 g/mol. The van der Waals surface area contributed by atoms with E-state index < -0.39 is 0 Å². The highest BCUT2D eigenvalue weighted by atomic mass is 16.5. The highest BCUT2D eigenvalue weighted by Crippen LogP contribution is 2.14. The zero-order valence-electron chi connectivity index (χ0n) is 8.82. The summed E-state index contributed by atoms with van der Waals surface area (Å²) in [5.74, 6) is 0.174. The van der Waals surface area contributed by atoms with Crippen molar-refractivity contribution in [3.8, 4) is 0 Å². The molecule has 0 aliphatic carbocycles. The minimum absolute atomic E-state index is 0.00407. The summed E-state index contributed by atoms with van der Waals surface area (Å²) in [6, 6.07) is 1.66. The van der Waals surface area contributed by atoms with Gasteiger partial charge in [0, 0.05) is 6.61 Å². The molecule has 1 aromatic rings. The minimum Gasteiger partial charge on any atom is -0.472 e. The smallest absolute Gasteiger partial charge is 0.195 e. The van der Waals surface area contributed by atoms with Gasteiger partial charge in [0.15, 0.2) is 5.78 Å². The lowest BCUT2D eigenvalue weighted by atomic mass is 9.99. The first kappa shape index (κ1) is 11.0. The zero-order chi connectivity index (χ0) is 10.6. The van der Waals surface area contributed by atoms with E-state index in [0.29, 0.717) is 12.2 Å². The van der Waals surface area contributed by atoms with Gasteiger partial charge in [-0.05, 0) is 18.9 Å². The molecule has 1 atom stereocenters. The molecule has 1 rings (SSSR count). The second-order valence-electron chi connectivity index (χ2n) is 3.50. The van der Waals surface area contributed by atoms with Gasteiger partial charge in [0.25, 0.3) is 0 Å². The van der Waals surface area contributed by atoms with Crippen molar-refractivity contribution < 1.29 is 13.9 Å². The van der Waals surface area contributed by atoms with Crippen LogP contribution in [0, 0.1) is 5.92 Å². The molecule has 0 spiro atoms. The number of hydrogen-bond donors (Lipinski definition) is 0. The fourth-order valence-electron chi connectivity index (χ4n) is 1.32. The van der Waals surface area contributed by atoms with Gasteiger partial charge in [0.05, 0.1) is 11.8 Å². The monoisotopic (exact) mass is 196 g/mol. The second kappa shape index (κ2) is 4.96. The van der Waals surface area contributed by atoms with E-state index in [1.807, 2.05) is 20.8 Å². The van der Waals surface area contributed by atoms with Crippen molar-refractivity contribution in [3.05, 3.63) is 24.2 Å². The Morgan fingerprint density at radius 3 is 2.71 bits per heavy atom. The molecule has 0 aliphatic rings. The highest BCUT2D eigenvalue weighted by molar-refractivity contribution is 5.99. The standard InChI is InChI=1S/C11H16O3/c1-4-14-11(8(2)3)10(12)9-5-6-13-7-9/h5-8,11H,4H2,1-3H3. The number of ketones is 1. The predicted octanol–water partition coefficient (Wildman–Crippen LogP) is 2.52. The number of rotatable bonds is 5. The Hall–Kier alpha value is -1.09. The molecule has 0 aromatic carbocycles. The van der Waals surface area contributed by atoms with Crippen LogP contribution in [0.4, 0.5) is 0 Å². The molecule has 3 heteroatoms. The SMILES string of the molecule is CCOC(C(=O)c1ccoc1)C(C)C. The summed E-state index contributed by atoms with van der Waals surface area (Å²) in [4.78, 5) is 11.9. The number of carbonyl (C=O) groups is 1. The van der Waals surface area contributed by atoms with E-state index in [-0.39, 0.29) is 17.8 Å². The maximum absolute atomic E-state index is 11.9. The van der Waals surface area contributed by atoms with Crippen molar-refractivity contribution in [1.29, 1.82) is 0 Å². The fraction of sp³-hybridized carbons (Fsp3) is 0.545. The fourth-order valence-corrected chi connectivity index (χ4v) is 1.32. The lowest BCUT2D eigenvalue weighted by Gasteiger charge is -2.18. The lowest BCUT2D eigenvalue weighted by molar-refractivity contribution is 0.0279. The van der Waals surface area contributed by atoms with Crippen molar-refractivity contribution in [2.75, 3.05) is 6.61 Å². The van der Waals surface area contributed by atoms with Crippen LogP contribution in [0.25, 0.3) is 0 Å². The molecule has 78 valence electrons. The van der Waals surface area contributed by atoms with Crippen LogP contribution >= 0.6 is 0 Å². The minimum atomic E-state index is -0.363. The summed E-state index contributed by atoms with van der Waals surface area (Å²) in [6.07, 6.45) is 2.59. The topological polar surface area (TPSA) is 39.4 Å². The summed E-state index contributed by atoms with van der Waals surface area (Å²) in [6.45, 7) is 6.38. The molecule has 0 saturated carbocycles. The van der Waals surface area contributed by atoms with Crippen molar-refractivity contribution in [2.45, 2.75) is 26.9 Å². The normalized spacial score (nSPS) is 13.1. The maximum Gasteiger partial charge on any atom is 0.195 e. The van der Waals surface area contributed by atoms with Crippen LogP contribution in [0.1, 0.15) is 31.1 Å². The van der Waals surface area contributed by atoms with E-state index in [0.717, 1.165) is 0 Å². The van der Waals surface area contributed by atoms with Crippen LogP contribution in [0.3, 0.4) is 0 Å². The van der Waals surface area contributed by atoms with Gasteiger partial charge >= 0.3 is 0 Å². The molecule has 0 amide bonds. The molecule has 0 bridgehead atoms.